The summed E-state index contributed by atoms with van der Waals surface area (Å²) in [5.41, 5.74) is 2.05. The Morgan fingerprint density at radius 2 is 2.18 bits per heavy atom. The van der Waals surface area contributed by atoms with Gasteiger partial charge in [0, 0.05) is 29.8 Å². The molecule has 90 valence electrons. The molecule has 0 aliphatic carbocycles. The van der Waals surface area contributed by atoms with Crippen molar-refractivity contribution in [3.05, 3.63) is 39.8 Å². The molecule has 0 amide bonds. The van der Waals surface area contributed by atoms with Crippen molar-refractivity contribution in [2.45, 2.75) is 20.4 Å². The Morgan fingerprint density at radius 1 is 1.41 bits per heavy atom. The van der Waals surface area contributed by atoms with E-state index in [0.717, 1.165) is 33.9 Å². The van der Waals surface area contributed by atoms with Crippen molar-refractivity contribution in [1.82, 2.24) is 10.1 Å². The first-order valence-electron chi connectivity index (χ1n) is 5.32. The summed E-state index contributed by atoms with van der Waals surface area (Å²) in [6.45, 7) is 4.62. The third kappa shape index (κ3) is 2.66. The zero-order valence-electron chi connectivity index (χ0n) is 10.1. The zero-order chi connectivity index (χ0) is 12.4. The fourth-order valence-electron chi connectivity index (χ4n) is 1.65. The summed E-state index contributed by atoms with van der Waals surface area (Å²) in [6.07, 6.45) is 1.78. The van der Waals surface area contributed by atoms with Gasteiger partial charge in [-0.3, -0.25) is 0 Å². The Labute approximate surface area is 109 Å². The van der Waals surface area contributed by atoms with Crippen LogP contribution in [0.5, 0.6) is 0 Å². The van der Waals surface area contributed by atoms with Crippen molar-refractivity contribution in [1.29, 1.82) is 0 Å². The van der Waals surface area contributed by atoms with Gasteiger partial charge in [-0.2, -0.15) is 0 Å². The van der Waals surface area contributed by atoms with E-state index in [0.29, 0.717) is 0 Å². The molecule has 0 radical (unpaired) electrons. The largest absolute Gasteiger partial charge is 0.361 e. The van der Waals surface area contributed by atoms with E-state index in [-0.39, 0.29) is 0 Å². The molecule has 0 saturated heterocycles. The number of hydrogen-bond acceptors (Lipinski definition) is 4. The van der Waals surface area contributed by atoms with Gasteiger partial charge < -0.3 is 9.42 Å². The number of nitrogens with zero attached hydrogens (tertiary/aromatic N) is 3. The Balaban J connectivity index is 2.20. The van der Waals surface area contributed by atoms with E-state index in [1.165, 1.54) is 0 Å². The molecule has 17 heavy (non-hydrogen) atoms. The SMILES string of the molecule is Cc1noc(C)c1CN(C)c1cc(Br)ccn1. The second kappa shape index (κ2) is 4.87. The topological polar surface area (TPSA) is 42.2 Å². The third-order valence-electron chi connectivity index (χ3n) is 2.68. The molecular formula is C12H14BrN3O. The van der Waals surface area contributed by atoms with Crippen LogP contribution in [-0.4, -0.2) is 17.2 Å². The number of aromatic nitrogens is 2. The van der Waals surface area contributed by atoms with Crippen LogP contribution in [0.3, 0.4) is 0 Å². The number of pyridine rings is 1. The molecule has 5 heteroatoms. The van der Waals surface area contributed by atoms with Gasteiger partial charge >= 0.3 is 0 Å². The third-order valence-corrected chi connectivity index (χ3v) is 3.17. The molecule has 4 nitrogen and oxygen atoms in total. The Bertz CT molecular complexity index is 505. The normalized spacial score (nSPS) is 10.6. The van der Waals surface area contributed by atoms with Crippen LogP contribution in [-0.2, 0) is 6.54 Å². The molecule has 0 bridgehead atoms. The fraction of sp³-hybridized carbons (Fsp3) is 0.333. The van der Waals surface area contributed by atoms with E-state index in [1.54, 1.807) is 6.20 Å². The summed E-state index contributed by atoms with van der Waals surface area (Å²) in [4.78, 5) is 6.39. The summed E-state index contributed by atoms with van der Waals surface area (Å²) in [5, 5.41) is 3.95. The first kappa shape index (κ1) is 12.1. The van der Waals surface area contributed by atoms with E-state index in [4.69, 9.17) is 4.52 Å². The molecule has 0 atom stereocenters. The lowest BCUT2D eigenvalue weighted by molar-refractivity contribution is 0.392. The zero-order valence-corrected chi connectivity index (χ0v) is 11.7. The summed E-state index contributed by atoms with van der Waals surface area (Å²) in [5.74, 6) is 1.78. The highest BCUT2D eigenvalue weighted by Crippen LogP contribution is 2.20. The van der Waals surface area contributed by atoms with Crippen LogP contribution in [0.15, 0.2) is 27.3 Å². The van der Waals surface area contributed by atoms with Crippen LogP contribution >= 0.6 is 15.9 Å². The van der Waals surface area contributed by atoms with Gasteiger partial charge in [-0.25, -0.2) is 4.98 Å². The van der Waals surface area contributed by atoms with Crippen LogP contribution in [0, 0.1) is 13.8 Å². The molecule has 0 aliphatic heterocycles. The summed E-state index contributed by atoms with van der Waals surface area (Å²) in [7, 11) is 2.00. The lowest BCUT2D eigenvalue weighted by atomic mass is 10.2. The van der Waals surface area contributed by atoms with Crippen molar-refractivity contribution in [2.24, 2.45) is 0 Å². The van der Waals surface area contributed by atoms with Crippen molar-refractivity contribution < 1.29 is 4.52 Å². The highest BCUT2D eigenvalue weighted by molar-refractivity contribution is 9.10. The lowest BCUT2D eigenvalue weighted by Gasteiger charge is -2.17. The van der Waals surface area contributed by atoms with Gasteiger partial charge in [-0.15, -0.1) is 0 Å². The fourth-order valence-corrected chi connectivity index (χ4v) is 1.97. The molecule has 0 N–H and O–H groups in total. The average molecular weight is 296 g/mol. The molecule has 0 fully saturated rings. The molecule has 0 aliphatic rings. The quantitative estimate of drug-likeness (QED) is 0.873. The Hall–Kier alpha value is -1.36. The van der Waals surface area contributed by atoms with E-state index >= 15 is 0 Å². The Morgan fingerprint density at radius 3 is 2.76 bits per heavy atom. The number of hydrogen-bond donors (Lipinski definition) is 0. The average Bonchev–Trinajstić information content (AvgIpc) is 2.61. The van der Waals surface area contributed by atoms with Crippen LogP contribution < -0.4 is 4.90 Å². The standard InChI is InChI=1S/C12H14BrN3O/c1-8-11(9(2)17-15-8)7-16(3)12-6-10(13)4-5-14-12/h4-6H,7H2,1-3H3. The van der Waals surface area contributed by atoms with E-state index in [2.05, 4.69) is 31.0 Å². The number of halogens is 1. The smallest absolute Gasteiger partial charge is 0.138 e. The molecule has 0 unspecified atom stereocenters. The minimum atomic E-state index is 0.741. The van der Waals surface area contributed by atoms with Crippen LogP contribution in [0.1, 0.15) is 17.0 Å². The second-order valence-electron chi connectivity index (χ2n) is 3.99. The highest BCUT2D eigenvalue weighted by Gasteiger charge is 2.12. The van der Waals surface area contributed by atoms with Crippen molar-refractivity contribution in [2.75, 3.05) is 11.9 Å². The summed E-state index contributed by atoms with van der Waals surface area (Å²) < 4.78 is 6.17. The van der Waals surface area contributed by atoms with Gasteiger partial charge in [-0.05, 0) is 26.0 Å². The van der Waals surface area contributed by atoms with Crippen LogP contribution in [0.2, 0.25) is 0 Å². The first-order chi connectivity index (χ1) is 8.08. The lowest BCUT2D eigenvalue weighted by Crippen LogP contribution is -2.18. The summed E-state index contributed by atoms with van der Waals surface area (Å²) >= 11 is 3.44. The molecule has 2 aromatic rings. The molecule has 0 saturated carbocycles. The van der Waals surface area contributed by atoms with Crippen LogP contribution in [0.4, 0.5) is 5.82 Å². The molecule has 0 spiro atoms. The summed E-state index contributed by atoms with van der Waals surface area (Å²) in [6, 6.07) is 3.89. The van der Waals surface area contributed by atoms with Crippen molar-refractivity contribution in [3.63, 3.8) is 0 Å². The molecule has 2 rings (SSSR count). The first-order valence-corrected chi connectivity index (χ1v) is 6.11. The monoisotopic (exact) mass is 295 g/mol. The van der Waals surface area contributed by atoms with Gasteiger partial charge in [0.15, 0.2) is 0 Å². The van der Waals surface area contributed by atoms with E-state index < -0.39 is 0 Å². The number of rotatable bonds is 3. The van der Waals surface area contributed by atoms with Crippen LogP contribution in [0.25, 0.3) is 0 Å². The van der Waals surface area contributed by atoms with E-state index in [9.17, 15) is 0 Å². The van der Waals surface area contributed by atoms with Gasteiger partial charge in [0.2, 0.25) is 0 Å². The van der Waals surface area contributed by atoms with Gasteiger partial charge in [0.1, 0.15) is 11.6 Å². The van der Waals surface area contributed by atoms with Gasteiger partial charge in [0.05, 0.1) is 5.69 Å². The predicted molar refractivity (Wildman–Crippen MR) is 70.0 cm³/mol. The maximum atomic E-state index is 5.15. The minimum Gasteiger partial charge on any atom is -0.361 e. The number of anilines is 1. The molecule has 2 heterocycles. The maximum absolute atomic E-state index is 5.15. The highest BCUT2D eigenvalue weighted by atomic mass is 79.9. The van der Waals surface area contributed by atoms with Gasteiger partial charge in [-0.1, -0.05) is 21.1 Å². The molecule has 0 aromatic carbocycles. The van der Waals surface area contributed by atoms with Gasteiger partial charge in [0.25, 0.3) is 0 Å². The molecular weight excluding hydrogens is 282 g/mol. The van der Waals surface area contributed by atoms with Crippen molar-refractivity contribution in [3.8, 4) is 0 Å². The number of aryl methyl sites for hydroxylation is 2. The Kier molecular flexibility index (Phi) is 3.47. The minimum absolute atomic E-state index is 0.741. The van der Waals surface area contributed by atoms with Crippen molar-refractivity contribution >= 4 is 21.7 Å². The van der Waals surface area contributed by atoms with E-state index in [1.807, 2.05) is 33.0 Å². The second-order valence-corrected chi connectivity index (χ2v) is 4.91. The predicted octanol–water partition coefficient (Wildman–Crippen LogP) is 3.09. The maximum Gasteiger partial charge on any atom is 0.138 e. The molecule has 2 aromatic heterocycles.